The largest absolute Gasteiger partial charge is 0.459 e. The molecule has 1 aromatic carbocycles. The van der Waals surface area contributed by atoms with Crippen molar-refractivity contribution < 1.29 is 14.0 Å². The SMILES string of the molecule is CCn1cc(-c2cc(C(=O)N3CCN(C(=O)c4ccco4)CC3)c3ccccc3n2)cn1. The molecule has 0 aliphatic carbocycles. The average Bonchev–Trinajstić information content (AvgIpc) is 3.55. The van der Waals surface area contributed by atoms with E-state index in [1.54, 1.807) is 28.1 Å². The quantitative estimate of drug-likeness (QED) is 0.497. The summed E-state index contributed by atoms with van der Waals surface area (Å²) in [4.78, 5) is 34.3. The molecule has 0 unspecified atom stereocenters. The van der Waals surface area contributed by atoms with Gasteiger partial charge in [0.15, 0.2) is 5.76 Å². The number of amides is 2. The lowest BCUT2D eigenvalue weighted by Crippen LogP contribution is -2.50. The molecule has 1 aliphatic heterocycles. The van der Waals surface area contributed by atoms with Crippen LogP contribution in [0.1, 0.15) is 27.8 Å². The lowest BCUT2D eigenvalue weighted by molar-refractivity contribution is 0.0519. The van der Waals surface area contributed by atoms with Crippen LogP contribution in [-0.4, -0.2) is 62.6 Å². The van der Waals surface area contributed by atoms with Gasteiger partial charge in [0, 0.05) is 49.9 Å². The molecule has 4 aromatic rings. The van der Waals surface area contributed by atoms with Crippen LogP contribution in [0.15, 0.2) is 65.5 Å². The minimum Gasteiger partial charge on any atom is -0.459 e. The zero-order valence-corrected chi connectivity index (χ0v) is 17.8. The number of carbonyl (C=O) groups excluding carboxylic acids is 2. The van der Waals surface area contributed by atoms with Crippen LogP contribution in [0.3, 0.4) is 0 Å². The summed E-state index contributed by atoms with van der Waals surface area (Å²) in [6.07, 6.45) is 5.20. The Hall–Kier alpha value is -3.94. The summed E-state index contributed by atoms with van der Waals surface area (Å²) in [5.41, 5.74) is 2.98. The van der Waals surface area contributed by atoms with Crippen molar-refractivity contribution in [2.75, 3.05) is 26.2 Å². The van der Waals surface area contributed by atoms with Crippen LogP contribution in [0.5, 0.6) is 0 Å². The van der Waals surface area contributed by atoms with E-state index in [1.165, 1.54) is 6.26 Å². The van der Waals surface area contributed by atoms with Gasteiger partial charge in [-0.25, -0.2) is 4.98 Å². The van der Waals surface area contributed by atoms with Crippen molar-refractivity contribution in [3.63, 3.8) is 0 Å². The van der Waals surface area contributed by atoms with Crippen molar-refractivity contribution in [1.82, 2.24) is 24.6 Å². The summed E-state index contributed by atoms with van der Waals surface area (Å²) in [5, 5.41) is 5.16. The van der Waals surface area contributed by atoms with Crippen LogP contribution < -0.4 is 0 Å². The first-order chi connectivity index (χ1) is 15.6. The zero-order chi connectivity index (χ0) is 22.1. The number of furan rings is 1. The van der Waals surface area contributed by atoms with E-state index in [0.717, 1.165) is 28.7 Å². The molecule has 5 rings (SSSR count). The first kappa shape index (κ1) is 20.0. The Labute approximate surface area is 185 Å². The Kier molecular flexibility index (Phi) is 5.18. The van der Waals surface area contributed by atoms with Gasteiger partial charge in [-0.15, -0.1) is 0 Å². The van der Waals surface area contributed by atoms with E-state index in [2.05, 4.69) is 5.10 Å². The molecule has 3 aromatic heterocycles. The van der Waals surface area contributed by atoms with Gasteiger partial charge >= 0.3 is 0 Å². The second-order valence-corrected chi connectivity index (χ2v) is 7.72. The molecule has 0 saturated carbocycles. The predicted octanol–water partition coefficient (Wildman–Crippen LogP) is 3.31. The number of rotatable bonds is 4. The smallest absolute Gasteiger partial charge is 0.289 e. The Morgan fingerprint density at radius 2 is 1.75 bits per heavy atom. The van der Waals surface area contributed by atoms with Gasteiger partial charge in [-0.05, 0) is 31.2 Å². The number of hydrogen-bond donors (Lipinski definition) is 0. The van der Waals surface area contributed by atoms with E-state index >= 15 is 0 Å². The molecule has 1 aliphatic rings. The van der Waals surface area contributed by atoms with Gasteiger partial charge in [-0.3, -0.25) is 14.3 Å². The molecule has 0 atom stereocenters. The number of benzene rings is 1. The number of fused-ring (bicyclic) bond motifs is 1. The number of pyridine rings is 1. The van der Waals surface area contributed by atoms with Gasteiger partial charge in [0.2, 0.25) is 0 Å². The van der Waals surface area contributed by atoms with E-state index in [4.69, 9.17) is 9.40 Å². The van der Waals surface area contributed by atoms with Gasteiger partial charge in [0.1, 0.15) is 0 Å². The van der Waals surface area contributed by atoms with Crippen molar-refractivity contribution in [1.29, 1.82) is 0 Å². The average molecular weight is 429 g/mol. The fourth-order valence-corrected chi connectivity index (χ4v) is 4.01. The first-order valence-electron chi connectivity index (χ1n) is 10.7. The standard InChI is InChI=1S/C24H23N5O3/c1-2-29-16-17(15-25-29)21-14-19(18-6-3-4-7-20(18)26-21)23(30)27-9-11-28(12-10-27)24(31)22-8-5-13-32-22/h3-8,13-16H,2,9-12H2,1H3. The van der Waals surface area contributed by atoms with E-state index < -0.39 is 0 Å². The molecular weight excluding hydrogens is 406 g/mol. The maximum absolute atomic E-state index is 13.5. The highest BCUT2D eigenvalue weighted by Crippen LogP contribution is 2.26. The van der Waals surface area contributed by atoms with E-state index in [1.807, 2.05) is 48.1 Å². The van der Waals surface area contributed by atoms with E-state index in [9.17, 15) is 9.59 Å². The monoisotopic (exact) mass is 429 g/mol. The van der Waals surface area contributed by atoms with Crippen LogP contribution in [-0.2, 0) is 6.54 Å². The van der Waals surface area contributed by atoms with Crippen LogP contribution in [0.2, 0.25) is 0 Å². The zero-order valence-electron chi connectivity index (χ0n) is 17.8. The van der Waals surface area contributed by atoms with E-state index in [-0.39, 0.29) is 11.8 Å². The summed E-state index contributed by atoms with van der Waals surface area (Å²) >= 11 is 0. The molecule has 1 saturated heterocycles. The third-order valence-electron chi connectivity index (χ3n) is 5.79. The number of para-hydroxylation sites is 1. The molecule has 2 amide bonds. The second kappa shape index (κ2) is 8.30. The molecule has 0 N–H and O–H groups in total. The number of aromatic nitrogens is 3. The van der Waals surface area contributed by atoms with Crippen LogP contribution in [0.4, 0.5) is 0 Å². The van der Waals surface area contributed by atoms with Gasteiger partial charge in [0.25, 0.3) is 11.8 Å². The summed E-state index contributed by atoms with van der Waals surface area (Å²) in [6, 6.07) is 12.9. The number of hydrogen-bond acceptors (Lipinski definition) is 5. The maximum Gasteiger partial charge on any atom is 0.289 e. The predicted molar refractivity (Wildman–Crippen MR) is 119 cm³/mol. The van der Waals surface area contributed by atoms with Gasteiger partial charge in [-0.2, -0.15) is 5.10 Å². The number of aryl methyl sites for hydroxylation is 1. The topological polar surface area (TPSA) is 84.5 Å². The molecule has 0 spiro atoms. The number of carbonyl (C=O) groups is 2. The fraction of sp³-hybridized carbons (Fsp3) is 0.250. The summed E-state index contributed by atoms with van der Waals surface area (Å²) in [6.45, 7) is 4.64. The maximum atomic E-state index is 13.5. The molecule has 0 bridgehead atoms. The second-order valence-electron chi connectivity index (χ2n) is 7.72. The Bertz CT molecular complexity index is 1270. The van der Waals surface area contributed by atoms with Gasteiger partial charge < -0.3 is 14.2 Å². The fourth-order valence-electron chi connectivity index (χ4n) is 4.01. The molecule has 1 fully saturated rings. The molecule has 0 radical (unpaired) electrons. The highest BCUT2D eigenvalue weighted by atomic mass is 16.3. The Morgan fingerprint density at radius 3 is 2.44 bits per heavy atom. The normalized spacial score (nSPS) is 14.2. The minimum absolute atomic E-state index is 0.0576. The van der Waals surface area contributed by atoms with Crippen molar-refractivity contribution in [3.05, 3.63) is 72.4 Å². The summed E-state index contributed by atoms with van der Waals surface area (Å²) in [5.74, 6) is 0.117. The van der Waals surface area contributed by atoms with Crippen molar-refractivity contribution in [2.45, 2.75) is 13.5 Å². The molecule has 4 heterocycles. The van der Waals surface area contributed by atoms with Gasteiger partial charge in [0.05, 0.1) is 29.2 Å². The van der Waals surface area contributed by atoms with E-state index in [0.29, 0.717) is 37.5 Å². The summed E-state index contributed by atoms with van der Waals surface area (Å²) < 4.78 is 7.06. The summed E-state index contributed by atoms with van der Waals surface area (Å²) in [7, 11) is 0. The van der Waals surface area contributed by atoms with Crippen molar-refractivity contribution >= 4 is 22.7 Å². The van der Waals surface area contributed by atoms with Crippen LogP contribution in [0, 0.1) is 0 Å². The van der Waals surface area contributed by atoms with Gasteiger partial charge in [-0.1, -0.05) is 18.2 Å². The number of piperazine rings is 1. The highest BCUT2D eigenvalue weighted by Gasteiger charge is 2.27. The Balaban J connectivity index is 1.41. The van der Waals surface area contributed by atoms with Crippen LogP contribution in [0.25, 0.3) is 22.2 Å². The third-order valence-corrected chi connectivity index (χ3v) is 5.79. The lowest BCUT2D eigenvalue weighted by Gasteiger charge is -2.34. The number of nitrogens with zero attached hydrogens (tertiary/aromatic N) is 5. The van der Waals surface area contributed by atoms with Crippen molar-refractivity contribution in [3.8, 4) is 11.3 Å². The highest BCUT2D eigenvalue weighted by molar-refractivity contribution is 6.07. The van der Waals surface area contributed by atoms with Crippen molar-refractivity contribution in [2.24, 2.45) is 0 Å². The minimum atomic E-state index is -0.147. The third kappa shape index (κ3) is 3.64. The van der Waals surface area contributed by atoms with Crippen LogP contribution >= 0.6 is 0 Å². The first-order valence-corrected chi connectivity index (χ1v) is 10.7. The lowest BCUT2D eigenvalue weighted by atomic mass is 10.0. The molecule has 162 valence electrons. The molecule has 8 nitrogen and oxygen atoms in total. The Morgan fingerprint density at radius 1 is 1.00 bits per heavy atom. The molecular formula is C24H23N5O3. The molecule has 32 heavy (non-hydrogen) atoms. The molecule has 8 heteroatoms.